The summed E-state index contributed by atoms with van der Waals surface area (Å²) in [5.74, 6) is 0.124. The zero-order chi connectivity index (χ0) is 15.2. The van der Waals surface area contributed by atoms with Crippen LogP contribution in [0.5, 0.6) is 5.75 Å². The molecule has 2 aromatic rings. The van der Waals surface area contributed by atoms with E-state index in [1.54, 1.807) is 42.5 Å². The molecule has 0 saturated heterocycles. The maximum Gasteiger partial charge on any atom is 0.262 e. The van der Waals surface area contributed by atoms with Crippen molar-refractivity contribution in [3.8, 4) is 11.8 Å². The molecule has 0 atom stereocenters. The number of amides is 1. The van der Waals surface area contributed by atoms with Gasteiger partial charge in [0.05, 0.1) is 22.3 Å². The van der Waals surface area contributed by atoms with E-state index in [0.29, 0.717) is 27.7 Å². The van der Waals surface area contributed by atoms with Gasteiger partial charge in [-0.1, -0.05) is 17.7 Å². The van der Waals surface area contributed by atoms with Gasteiger partial charge in [-0.05, 0) is 36.4 Å². The highest BCUT2D eigenvalue weighted by Gasteiger charge is 2.05. The Kier molecular flexibility index (Phi) is 4.64. The summed E-state index contributed by atoms with van der Waals surface area (Å²) in [7, 11) is 0. The van der Waals surface area contributed by atoms with Gasteiger partial charge in [0, 0.05) is 5.69 Å². The van der Waals surface area contributed by atoms with E-state index in [2.05, 4.69) is 5.32 Å². The minimum Gasteiger partial charge on any atom is -0.484 e. The number of nitrogen functional groups attached to an aromatic ring is 1. The lowest BCUT2D eigenvalue weighted by molar-refractivity contribution is -0.118. The average molecular weight is 302 g/mol. The predicted octanol–water partition coefficient (Wildman–Crippen LogP) is 2.81. The molecule has 1 amide bonds. The Bertz CT molecular complexity index is 710. The van der Waals surface area contributed by atoms with E-state index >= 15 is 0 Å². The van der Waals surface area contributed by atoms with Crippen molar-refractivity contribution in [2.75, 3.05) is 17.7 Å². The summed E-state index contributed by atoms with van der Waals surface area (Å²) < 4.78 is 5.32. The van der Waals surface area contributed by atoms with Gasteiger partial charge in [0.25, 0.3) is 5.91 Å². The highest BCUT2D eigenvalue weighted by Crippen LogP contribution is 2.22. The zero-order valence-electron chi connectivity index (χ0n) is 11.0. The van der Waals surface area contributed by atoms with E-state index < -0.39 is 0 Å². The molecule has 0 aliphatic carbocycles. The number of anilines is 2. The molecular weight excluding hydrogens is 290 g/mol. The molecule has 2 aromatic carbocycles. The van der Waals surface area contributed by atoms with Crippen LogP contribution in [0.4, 0.5) is 11.4 Å². The molecule has 0 aromatic heterocycles. The van der Waals surface area contributed by atoms with Gasteiger partial charge in [0.2, 0.25) is 0 Å². The lowest BCUT2D eigenvalue weighted by atomic mass is 10.2. The molecule has 0 aliphatic heterocycles. The fourth-order valence-corrected chi connectivity index (χ4v) is 1.74. The number of halogens is 1. The number of ether oxygens (including phenoxy) is 1. The van der Waals surface area contributed by atoms with E-state index in [1.165, 1.54) is 0 Å². The molecule has 0 heterocycles. The second kappa shape index (κ2) is 6.64. The van der Waals surface area contributed by atoms with Crippen LogP contribution in [0.3, 0.4) is 0 Å². The lowest BCUT2D eigenvalue weighted by Crippen LogP contribution is -2.20. The molecule has 0 spiro atoms. The summed E-state index contributed by atoms with van der Waals surface area (Å²) in [6.07, 6.45) is 0. The molecule has 0 bridgehead atoms. The number of hydrogen-bond donors (Lipinski definition) is 2. The first-order valence-corrected chi connectivity index (χ1v) is 6.44. The lowest BCUT2D eigenvalue weighted by Gasteiger charge is -2.08. The number of hydrogen-bond acceptors (Lipinski definition) is 4. The number of carbonyl (C=O) groups is 1. The maximum absolute atomic E-state index is 11.8. The maximum atomic E-state index is 11.8. The van der Waals surface area contributed by atoms with E-state index in [1.807, 2.05) is 6.07 Å². The largest absolute Gasteiger partial charge is 0.484 e. The molecule has 0 aliphatic rings. The highest BCUT2D eigenvalue weighted by atomic mass is 35.5. The van der Waals surface area contributed by atoms with Crippen LogP contribution in [0.1, 0.15) is 5.56 Å². The molecule has 2 rings (SSSR count). The van der Waals surface area contributed by atoms with E-state index in [-0.39, 0.29) is 12.5 Å². The summed E-state index contributed by atoms with van der Waals surface area (Å²) in [5.41, 5.74) is 7.04. The van der Waals surface area contributed by atoms with Crippen LogP contribution < -0.4 is 15.8 Å². The van der Waals surface area contributed by atoms with Crippen LogP contribution >= 0.6 is 11.6 Å². The molecule has 5 nitrogen and oxygen atoms in total. The van der Waals surface area contributed by atoms with Crippen molar-refractivity contribution in [1.29, 1.82) is 5.26 Å². The predicted molar refractivity (Wildman–Crippen MR) is 81.1 cm³/mol. The van der Waals surface area contributed by atoms with Crippen molar-refractivity contribution in [2.45, 2.75) is 0 Å². The number of nitrogens with zero attached hydrogens (tertiary/aromatic N) is 1. The Labute approximate surface area is 126 Å². The monoisotopic (exact) mass is 301 g/mol. The first kappa shape index (κ1) is 14.7. The highest BCUT2D eigenvalue weighted by molar-refractivity contribution is 6.33. The van der Waals surface area contributed by atoms with Gasteiger partial charge < -0.3 is 15.8 Å². The summed E-state index contributed by atoms with van der Waals surface area (Å²) in [5, 5.41) is 11.8. The fourth-order valence-electron chi connectivity index (χ4n) is 1.62. The van der Waals surface area contributed by atoms with E-state index in [9.17, 15) is 4.79 Å². The summed E-state index contributed by atoms with van der Waals surface area (Å²) in [6.45, 7) is -0.169. The van der Waals surface area contributed by atoms with E-state index in [4.69, 9.17) is 27.3 Å². The number of nitrogens with two attached hydrogens (primary N) is 1. The van der Waals surface area contributed by atoms with Crippen LogP contribution in [-0.4, -0.2) is 12.5 Å². The van der Waals surface area contributed by atoms with Gasteiger partial charge in [-0.25, -0.2) is 0 Å². The number of rotatable bonds is 4. The molecular formula is C15H12ClN3O2. The fraction of sp³-hybridized carbons (Fsp3) is 0.0667. The SMILES string of the molecule is N#Cc1cccc(OCC(=O)Nc2ccc(Cl)c(N)c2)c1. The molecule has 0 fully saturated rings. The van der Waals surface area contributed by atoms with Gasteiger partial charge in [-0.15, -0.1) is 0 Å². The van der Waals surface area contributed by atoms with Crippen LogP contribution in [0.2, 0.25) is 5.02 Å². The molecule has 0 saturated carbocycles. The van der Waals surface area contributed by atoms with Gasteiger partial charge in [-0.2, -0.15) is 5.26 Å². The Balaban J connectivity index is 1.92. The Hall–Kier alpha value is -2.71. The summed E-state index contributed by atoms with van der Waals surface area (Å²) >= 11 is 5.80. The van der Waals surface area contributed by atoms with Crippen molar-refractivity contribution in [3.63, 3.8) is 0 Å². The molecule has 21 heavy (non-hydrogen) atoms. The minimum absolute atomic E-state index is 0.169. The zero-order valence-corrected chi connectivity index (χ0v) is 11.7. The first-order valence-electron chi connectivity index (χ1n) is 6.06. The standard InChI is InChI=1S/C15H12ClN3O2/c16-13-5-4-11(7-14(13)18)19-15(20)9-21-12-3-1-2-10(6-12)8-17/h1-7H,9,18H2,(H,19,20). The quantitative estimate of drug-likeness (QED) is 0.850. The topological polar surface area (TPSA) is 88.1 Å². The van der Waals surface area contributed by atoms with Crippen LogP contribution in [-0.2, 0) is 4.79 Å². The van der Waals surface area contributed by atoms with Gasteiger partial charge in [0.15, 0.2) is 6.61 Å². The third kappa shape index (κ3) is 4.13. The smallest absolute Gasteiger partial charge is 0.262 e. The Morgan fingerprint density at radius 2 is 2.14 bits per heavy atom. The third-order valence-corrected chi connectivity index (χ3v) is 2.96. The Morgan fingerprint density at radius 1 is 1.33 bits per heavy atom. The van der Waals surface area contributed by atoms with Crippen molar-refractivity contribution < 1.29 is 9.53 Å². The van der Waals surface area contributed by atoms with Gasteiger partial charge in [0.1, 0.15) is 5.75 Å². The average Bonchev–Trinajstić information content (AvgIpc) is 2.49. The van der Waals surface area contributed by atoms with Crippen molar-refractivity contribution in [3.05, 3.63) is 53.1 Å². The second-order valence-corrected chi connectivity index (χ2v) is 4.62. The number of benzene rings is 2. The van der Waals surface area contributed by atoms with Gasteiger partial charge >= 0.3 is 0 Å². The number of carbonyl (C=O) groups excluding carboxylic acids is 1. The Morgan fingerprint density at radius 3 is 2.86 bits per heavy atom. The summed E-state index contributed by atoms with van der Waals surface area (Å²) in [6, 6.07) is 13.4. The van der Waals surface area contributed by atoms with Crippen LogP contribution in [0, 0.1) is 11.3 Å². The van der Waals surface area contributed by atoms with Crippen LogP contribution in [0.25, 0.3) is 0 Å². The molecule has 0 radical (unpaired) electrons. The number of nitrogens with one attached hydrogen (secondary N) is 1. The number of nitriles is 1. The van der Waals surface area contributed by atoms with Crippen molar-refractivity contribution >= 4 is 28.9 Å². The van der Waals surface area contributed by atoms with Crippen molar-refractivity contribution in [2.24, 2.45) is 0 Å². The molecule has 3 N–H and O–H groups in total. The first-order chi connectivity index (χ1) is 10.1. The summed E-state index contributed by atoms with van der Waals surface area (Å²) in [4.78, 5) is 11.8. The van der Waals surface area contributed by atoms with Crippen LogP contribution in [0.15, 0.2) is 42.5 Å². The van der Waals surface area contributed by atoms with Crippen molar-refractivity contribution in [1.82, 2.24) is 0 Å². The molecule has 0 unspecified atom stereocenters. The second-order valence-electron chi connectivity index (χ2n) is 4.21. The van der Waals surface area contributed by atoms with Gasteiger partial charge in [-0.3, -0.25) is 4.79 Å². The molecule has 106 valence electrons. The van der Waals surface area contributed by atoms with E-state index in [0.717, 1.165) is 0 Å². The minimum atomic E-state index is -0.334. The normalized spacial score (nSPS) is 9.71. The third-order valence-electron chi connectivity index (χ3n) is 2.61. The molecule has 6 heteroatoms.